The highest BCUT2D eigenvalue weighted by atomic mass is 14.2. The smallest absolute Gasteiger partial charge is 0.00137 e. The van der Waals surface area contributed by atoms with Crippen LogP contribution in [-0.4, -0.2) is 0 Å². The van der Waals surface area contributed by atoms with Gasteiger partial charge >= 0.3 is 0 Å². The molecule has 0 unspecified atom stereocenters. The van der Waals surface area contributed by atoms with Crippen molar-refractivity contribution in [1.29, 1.82) is 0 Å². The highest BCUT2D eigenvalue weighted by Gasteiger charge is 2.14. The molecule has 0 aliphatic heterocycles. The Kier molecular flexibility index (Phi) is 5.25. The molecule has 0 saturated heterocycles. The van der Waals surface area contributed by atoms with E-state index in [9.17, 15) is 0 Å². The highest BCUT2D eigenvalue weighted by molar-refractivity contribution is 5.88. The number of allylic oxidation sites excluding steroid dienone is 1. The van der Waals surface area contributed by atoms with Crippen molar-refractivity contribution in [3.8, 4) is 0 Å². The van der Waals surface area contributed by atoms with Gasteiger partial charge in [0.05, 0.1) is 0 Å². The number of hydrogen-bond acceptors (Lipinski definition) is 0. The third-order valence-corrected chi connectivity index (χ3v) is 5.61. The molecule has 0 saturated carbocycles. The van der Waals surface area contributed by atoms with Crippen LogP contribution in [0.3, 0.4) is 0 Å². The molecule has 0 nitrogen and oxygen atoms in total. The van der Waals surface area contributed by atoms with Gasteiger partial charge < -0.3 is 0 Å². The average Bonchev–Trinajstić information content (AvgIpc) is 3.12. The van der Waals surface area contributed by atoms with Gasteiger partial charge in [0.25, 0.3) is 0 Å². The molecule has 3 aromatic carbocycles. The van der Waals surface area contributed by atoms with Gasteiger partial charge in [-0.3, -0.25) is 0 Å². The fraction of sp³-hybridized carbons (Fsp3) is 0.259. The Morgan fingerprint density at radius 1 is 0.704 bits per heavy atom. The third-order valence-electron chi connectivity index (χ3n) is 5.61. The number of fused-ring (bicyclic) bond motifs is 1. The van der Waals surface area contributed by atoms with Crippen LogP contribution in [0, 0.1) is 6.92 Å². The van der Waals surface area contributed by atoms with Crippen molar-refractivity contribution in [2.24, 2.45) is 0 Å². The molecule has 0 aromatic heterocycles. The van der Waals surface area contributed by atoms with E-state index in [2.05, 4.69) is 86.7 Å². The van der Waals surface area contributed by atoms with Crippen molar-refractivity contribution in [3.05, 3.63) is 106 Å². The van der Waals surface area contributed by atoms with E-state index in [1.54, 1.807) is 0 Å². The Morgan fingerprint density at radius 2 is 1.33 bits per heavy atom. The Labute approximate surface area is 163 Å². The second-order valence-electron chi connectivity index (χ2n) is 7.81. The van der Waals surface area contributed by atoms with E-state index in [0.717, 1.165) is 19.3 Å². The fourth-order valence-electron chi connectivity index (χ4n) is 3.94. The van der Waals surface area contributed by atoms with Crippen molar-refractivity contribution in [2.75, 3.05) is 0 Å². The molecule has 0 heteroatoms. The summed E-state index contributed by atoms with van der Waals surface area (Å²) in [5, 5.41) is 0. The van der Waals surface area contributed by atoms with Crippen LogP contribution in [-0.2, 0) is 25.7 Å². The van der Waals surface area contributed by atoms with Gasteiger partial charge in [0, 0.05) is 0 Å². The first-order chi connectivity index (χ1) is 13.2. The minimum atomic E-state index is 1.06. The maximum absolute atomic E-state index is 2.39. The van der Waals surface area contributed by atoms with Crippen molar-refractivity contribution in [1.82, 2.24) is 0 Å². The van der Waals surface area contributed by atoms with Gasteiger partial charge in [-0.2, -0.15) is 0 Å². The molecule has 0 fully saturated rings. The Hall–Kier alpha value is -2.60. The van der Waals surface area contributed by atoms with Gasteiger partial charge in [-0.25, -0.2) is 0 Å². The van der Waals surface area contributed by atoms with Crippen LogP contribution in [0.15, 0.2) is 66.7 Å². The second kappa shape index (κ2) is 7.96. The van der Waals surface area contributed by atoms with E-state index in [0.29, 0.717) is 0 Å². The van der Waals surface area contributed by atoms with Gasteiger partial charge in [0.2, 0.25) is 0 Å². The van der Waals surface area contributed by atoms with Crippen LogP contribution in [0.4, 0.5) is 0 Å². The Bertz CT molecular complexity index is 940. The summed E-state index contributed by atoms with van der Waals surface area (Å²) in [7, 11) is 0. The van der Waals surface area contributed by atoms with Crippen molar-refractivity contribution in [2.45, 2.75) is 46.0 Å². The molecule has 136 valence electrons. The zero-order valence-corrected chi connectivity index (χ0v) is 16.5. The first kappa shape index (κ1) is 17.8. The second-order valence-corrected chi connectivity index (χ2v) is 7.81. The van der Waals surface area contributed by atoms with Crippen molar-refractivity contribution in [3.63, 3.8) is 0 Å². The maximum atomic E-state index is 2.39. The molecule has 0 heterocycles. The Balaban J connectivity index is 1.46. The summed E-state index contributed by atoms with van der Waals surface area (Å²) in [5.41, 5.74) is 11.3. The van der Waals surface area contributed by atoms with Gasteiger partial charge in [0.1, 0.15) is 0 Å². The summed E-state index contributed by atoms with van der Waals surface area (Å²) in [4.78, 5) is 0. The number of hydrogen-bond donors (Lipinski definition) is 0. The van der Waals surface area contributed by atoms with E-state index >= 15 is 0 Å². The van der Waals surface area contributed by atoms with Crippen LogP contribution in [0.5, 0.6) is 0 Å². The van der Waals surface area contributed by atoms with Crippen LogP contribution < -0.4 is 0 Å². The van der Waals surface area contributed by atoms with Crippen LogP contribution in [0.2, 0.25) is 0 Å². The minimum absolute atomic E-state index is 1.06. The summed E-state index contributed by atoms with van der Waals surface area (Å²) in [5.74, 6) is 0. The van der Waals surface area contributed by atoms with Gasteiger partial charge in [-0.15, -0.1) is 0 Å². The normalized spacial score (nSPS) is 12.7. The molecule has 0 atom stereocenters. The largest absolute Gasteiger partial charge is 0.0651 e. The molecule has 1 aliphatic rings. The topological polar surface area (TPSA) is 0 Å². The summed E-state index contributed by atoms with van der Waals surface area (Å²) >= 11 is 0. The molecule has 0 bridgehead atoms. The lowest BCUT2D eigenvalue weighted by atomic mass is 9.99. The molecular formula is C27H28. The van der Waals surface area contributed by atoms with Gasteiger partial charge in [-0.05, 0) is 71.6 Å². The summed E-state index contributed by atoms with van der Waals surface area (Å²) in [6.45, 7) is 4.38. The summed E-state index contributed by atoms with van der Waals surface area (Å²) in [6, 6.07) is 25.1. The Morgan fingerprint density at radius 3 is 2.07 bits per heavy atom. The standard InChI is InChI=1S/C27H28/c1-3-4-21-11-14-24(15-12-21)27-18-25-16-13-23(17-26(25)19-27)10-9-22-7-5-20(2)6-8-22/h5-8,11-17,19H,3-4,9-10,18H2,1-2H3. The van der Waals surface area contributed by atoms with E-state index in [4.69, 9.17) is 0 Å². The lowest BCUT2D eigenvalue weighted by molar-refractivity contribution is 0.921. The number of aryl methyl sites for hydroxylation is 4. The minimum Gasteiger partial charge on any atom is -0.0651 e. The zero-order valence-electron chi connectivity index (χ0n) is 16.5. The summed E-state index contributed by atoms with van der Waals surface area (Å²) in [6.07, 6.45) is 8.03. The van der Waals surface area contributed by atoms with Crippen LogP contribution in [0.1, 0.15) is 52.3 Å². The van der Waals surface area contributed by atoms with Crippen molar-refractivity contribution < 1.29 is 0 Å². The SMILES string of the molecule is CCCc1ccc(C2=Cc3cc(CCc4ccc(C)cc4)ccc3C2)cc1. The average molecular weight is 353 g/mol. The lowest BCUT2D eigenvalue weighted by Crippen LogP contribution is -1.93. The molecule has 0 N–H and O–H groups in total. The lowest BCUT2D eigenvalue weighted by Gasteiger charge is -2.06. The molecule has 1 aliphatic carbocycles. The zero-order chi connectivity index (χ0) is 18.6. The molecule has 0 radical (unpaired) electrons. The van der Waals surface area contributed by atoms with E-state index < -0.39 is 0 Å². The van der Waals surface area contributed by atoms with E-state index in [1.807, 2.05) is 0 Å². The molecule has 0 amide bonds. The quantitative estimate of drug-likeness (QED) is 0.456. The first-order valence-corrected chi connectivity index (χ1v) is 10.2. The van der Waals surface area contributed by atoms with E-state index in [-0.39, 0.29) is 0 Å². The van der Waals surface area contributed by atoms with Crippen molar-refractivity contribution >= 4 is 11.6 Å². The molecule has 3 aromatic rings. The fourth-order valence-corrected chi connectivity index (χ4v) is 3.94. The predicted octanol–water partition coefficient (Wildman–Crippen LogP) is 6.83. The monoisotopic (exact) mass is 352 g/mol. The molecule has 4 rings (SSSR count). The summed E-state index contributed by atoms with van der Waals surface area (Å²) < 4.78 is 0. The van der Waals surface area contributed by atoms with Gasteiger partial charge in [-0.1, -0.05) is 91.7 Å². The highest BCUT2D eigenvalue weighted by Crippen LogP contribution is 2.32. The number of rotatable bonds is 6. The first-order valence-electron chi connectivity index (χ1n) is 10.2. The molecule has 0 spiro atoms. The maximum Gasteiger partial charge on any atom is -0.00137 e. The molecular weight excluding hydrogens is 324 g/mol. The number of benzene rings is 3. The van der Waals surface area contributed by atoms with Crippen LogP contribution in [0.25, 0.3) is 11.6 Å². The van der Waals surface area contributed by atoms with Gasteiger partial charge in [0.15, 0.2) is 0 Å². The third kappa shape index (κ3) is 4.22. The predicted molar refractivity (Wildman–Crippen MR) is 117 cm³/mol. The van der Waals surface area contributed by atoms with E-state index in [1.165, 1.54) is 57.4 Å². The van der Waals surface area contributed by atoms with Crippen LogP contribution >= 0.6 is 0 Å². The molecule has 27 heavy (non-hydrogen) atoms.